The third-order valence-electron chi connectivity index (χ3n) is 7.36. The molecule has 49 heavy (non-hydrogen) atoms. The van der Waals surface area contributed by atoms with Gasteiger partial charge in [0, 0.05) is 22.9 Å². The second-order valence-electron chi connectivity index (χ2n) is 10.5. The van der Waals surface area contributed by atoms with Gasteiger partial charge in [0.2, 0.25) is 0 Å². The smallest absolute Gasteiger partial charge is 0.872 e. The zero-order chi connectivity index (χ0) is 34.2. The van der Waals surface area contributed by atoms with Gasteiger partial charge >= 0.3 is 18.6 Å². The topological polar surface area (TPSA) is 182 Å². The molecule has 0 saturated carbocycles. The molecule has 0 saturated heterocycles. The molecule has 0 amide bonds. The van der Waals surface area contributed by atoms with Gasteiger partial charge in [-0.05, 0) is 58.7 Å². The molecule has 0 aliphatic carbocycles. The Morgan fingerprint density at radius 3 is 1.20 bits per heavy atom. The molecule has 6 aromatic carbocycles. The zero-order valence-corrected chi connectivity index (χ0v) is 27.7. The Labute approximate surface area is 293 Å². The predicted molar refractivity (Wildman–Crippen MR) is 180 cm³/mol. The van der Waals surface area contributed by atoms with Gasteiger partial charge in [-0.2, -0.15) is 20.4 Å². The van der Waals surface area contributed by atoms with E-state index >= 15 is 0 Å². The summed E-state index contributed by atoms with van der Waals surface area (Å²) in [4.78, 5) is 0. The molecule has 0 bridgehead atoms. The van der Waals surface area contributed by atoms with Crippen molar-refractivity contribution in [1.82, 2.24) is 0 Å². The molecule has 6 rings (SSSR count). The van der Waals surface area contributed by atoms with Crippen LogP contribution in [0.1, 0.15) is 36.1 Å². The van der Waals surface area contributed by atoms with Gasteiger partial charge in [-0.25, -0.2) is 0 Å². The fraction of sp³-hybridized carbons (Fsp3) is 0.0526. The van der Waals surface area contributed by atoms with Gasteiger partial charge in [0.25, 0.3) is 0 Å². The van der Waals surface area contributed by atoms with E-state index in [4.69, 9.17) is 0 Å². The van der Waals surface area contributed by atoms with Gasteiger partial charge in [-0.15, -0.1) is 0 Å². The Morgan fingerprint density at radius 1 is 0.469 bits per heavy atom. The van der Waals surface area contributed by atoms with E-state index in [1.165, 1.54) is 36.4 Å². The maximum absolute atomic E-state index is 12.2. The number of hydrogen-bond donors (Lipinski definition) is 2. The van der Waals surface area contributed by atoms with Gasteiger partial charge in [-0.3, -0.25) is 0 Å². The summed E-state index contributed by atoms with van der Waals surface area (Å²) in [5.41, 5.74) is 1.66. The first-order chi connectivity index (χ1) is 23.2. The molecule has 0 heterocycles. The molecule has 0 atom stereocenters. The van der Waals surface area contributed by atoms with E-state index in [9.17, 15) is 30.6 Å². The van der Waals surface area contributed by atoms with Crippen molar-refractivity contribution in [2.24, 2.45) is 20.4 Å². The summed E-state index contributed by atoms with van der Waals surface area (Å²) >= 11 is 0. The minimum atomic E-state index is -0.667. The first-order valence-electron chi connectivity index (χ1n) is 14.7. The van der Waals surface area contributed by atoms with Crippen LogP contribution in [0.15, 0.2) is 142 Å². The maximum atomic E-state index is 12.2. The monoisotopic (exact) mass is 687 g/mol. The molecule has 0 aliphatic heterocycles. The Kier molecular flexibility index (Phi) is 11.8. The average Bonchev–Trinajstić information content (AvgIpc) is 3.10. The third-order valence-corrected chi connectivity index (χ3v) is 7.36. The number of hydrogen-bond acceptors (Lipinski definition) is 10. The van der Waals surface area contributed by atoms with Crippen LogP contribution in [-0.2, 0) is 18.6 Å². The van der Waals surface area contributed by atoms with E-state index in [2.05, 4.69) is 20.4 Å². The molecule has 1 radical (unpaired) electrons. The van der Waals surface area contributed by atoms with E-state index in [1.807, 2.05) is 48.5 Å². The van der Waals surface area contributed by atoms with Crippen LogP contribution in [0.3, 0.4) is 0 Å². The minimum Gasteiger partial charge on any atom is -0.872 e. The predicted octanol–water partition coefficient (Wildman–Crippen LogP) is 4.30. The van der Waals surface area contributed by atoms with Crippen LogP contribution in [0.5, 0.6) is 23.0 Å². The van der Waals surface area contributed by atoms with Gasteiger partial charge in [0.1, 0.15) is 11.5 Å². The van der Waals surface area contributed by atoms with Crippen LogP contribution in [0, 0.1) is 0 Å². The SMILES string of the molecule is C/C(=N\N=C(/[O-])c1ccccc1O)c1c([O-])ccc2ccccc12.C/C(=N\N=C(/[O-])c1ccccc1O)c1c([O-])ccc2ccccc12.[V+4]. The summed E-state index contributed by atoms with van der Waals surface area (Å²) in [5, 5.41) is 86.2. The number of phenols is 2. The fourth-order valence-corrected chi connectivity index (χ4v) is 5.01. The van der Waals surface area contributed by atoms with E-state index in [-0.39, 0.29) is 52.7 Å². The number of para-hydroxylation sites is 2. The van der Waals surface area contributed by atoms with Crippen molar-refractivity contribution in [3.63, 3.8) is 0 Å². The summed E-state index contributed by atoms with van der Waals surface area (Å²) in [5.74, 6) is -2.01. The van der Waals surface area contributed by atoms with Crippen molar-refractivity contribution in [2.45, 2.75) is 13.8 Å². The molecule has 10 nitrogen and oxygen atoms in total. The molecule has 0 fully saturated rings. The summed E-state index contributed by atoms with van der Waals surface area (Å²) in [7, 11) is 0. The van der Waals surface area contributed by atoms with Crippen LogP contribution in [0.25, 0.3) is 21.5 Å². The average molecular weight is 688 g/mol. The van der Waals surface area contributed by atoms with Crippen molar-refractivity contribution in [2.75, 3.05) is 0 Å². The molecule has 2 N–H and O–H groups in total. The summed E-state index contributed by atoms with van der Waals surface area (Å²) in [6, 6.07) is 33.5. The van der Waals surface area contributed by atoms with Crippen molar-refractivity contribution >= 4 is 44.8 Å². The second kappa shape index (κ2) is 16.1. The molecule has 0 aromatic heterocycles. The normalized spacial score (nSPS) is 12.3. The molecule has 0 unspecified atom stereocenters. The molecular formula is C38H28N4O6V. The van der Waals surface area contributed by atoms with Gasteiger partial charge in [-0.1, -0.05) is 121 Å². The first kappa shape index (κ1) is 35.8. The Bertz CT molecular complexity index is 2090. The summed E-state index contributed by atoms with van der Waals surface area (Å²) < 4.78 is 0. The van der Waals surface area contributed by atoms with E-state index in [1.54, 1.807) is 50.2 Å². The second-order valence-corrected chi connectivity index (χ2v) is 10.5. The van der Waals surface area contributed by atoms with Gasteiger partial charge in [0.15, 0.2) is 0 Å². The first-order valence-corrected chi connectivity index (χ1v) is 14.7. The molecular weight excluding hydrogens is 659 g/mol. The van der Waals surface area contributed by atoms with E-state index in [0.717, 1.165) is 21.5 Å². The number of phenolic OH excluding ortho intramolecular Hbond substituents is 2. The molecule has 0 spiro atoms. The zero-order valence-electron chi connectivity index (χ0n) is 26.3. The maximum Gasteiger partial charge on any atom is 4.00 e. The van der Waals surface area contributed by atoms with Crippen molar-refractivity contribution < 1.29 is 49.2 Å². The molecule has 6 aromatic rings. The summed E-state index contributed by atoms with van der Waals surface area (Å²) in [6.45, 7) is 3.26. The van der Waals surface area contributed by atoms with Crippen molar-refractivity contribution in [1.29, 1.82) is 0 Å². The minimum absolute atomic E-state index is 0. The van der Waals surface area contributed by atoms with Gasteiger partial charge < -0.3 is 30.6 Å². The third kappa shape index (κ3) is 8.26. The molecule has 241 valence electrons. The number of benzene rings is 6. The van der Waals surface area contributed by atoms with E-state index < -0.39 is 11.8 Å². The van der Waals surface area contributed by atoms with Crippen LogP contribution in [0.4, 0.5) is 0 Å². The number of nitrogens with zero attached hydrogens (tertiary/aromatic N) is 4. The Balaban J connectivity index is 0.000000216. The largest absolute Gasteiger partial charge is 4.00 e. The Morgan fingerprint density at radius 2 is 0.816 bits per heavy atom. The molecule has 11 heteroatoms. The quantitative estimate of drug-likeness (QED) is 0.150. The standard InChI is InChI=1S/2C19H16N2O3.V/c2*1-12(20-21-19(24)15-8-4-5-9-16(15)22)18-14-7-3-2-6-13(14)10-11-17(18)23;/h2*2-11,22-23H,1H3,(H,21,24);/q;;+4/p-4/b2*20-12+;. The van der Waals surface area contributed by atoms with Crippen molar-refractivity contribution in [3.8, 4) is 23.0 Å². The van der Waals surface area contributed by atoms with Crippen molar-refractivity contribution in [3.05, 3.63) is 144 Å². The number of rotatable bonds is 6. The van der Waals surface area contributed by atoms with E-state index in [0.29, 0.717) is 22.6 Å². The number of fused-ring (bicyclic) bond motifs is 2. The van der Waals surface area contributed by atoms with Crippen LogP contribution < -0.4 is 20.4 Å². The fourth-order valence-electron chi connectivity index (χ4n) is 5.01. The van der Waals surface area contributed by atoms with Crippen LogP contribution in [-0.4, -0.2) is 33.4 Å². The molecule has 0 aliphatic rings. The Hall–Kier alpha value is -6.10. The van der Waals surface area contributed by atoms with Gasteiger partial charge in [0.05, 0.1) is 11.4 Å². The number of aromatic hydroxyl groups is 2. The van der Waals surface area contributed by atoms with Crippen LogP contribution >= 0.6 is 0 Å². The summed E-state index contributed by atoms with van der Waals surface area (Å²) in [6.07, 6.45) is 0. The van der Waals surface area contributed by atoms with Crippen LogP contribution in [0.2, 0.25) is 0 Å².